The van der Waals surface area contributed by atoms with Gasteiger partial charge in [0, 0.05) is 16.9 Å². The summed E-state index contributed by atoms with van der Waals surface area (Å²) in [5.74, 6) is 0.276. The first-order valence-corrected chi connectivity index (χ1v) is 28.0. The summed E-state index contributed by atoms with van der Waals surface area (Å²) in [5, 5.41) is 0. The van der Waals surface area contributed by atoms with Gasteiger partial charge in [-0.1, -0.05) is 285 Å². The average Bonchev–Trinajstić information content (AvgIpc) is 3.58. The number of rotatable bonds is 16. The van der Waals surface area contributed by atoms with Crippen LogP contribution in [0.1, 0.15) is 57.7 Å². The molecule has 0 saturated heterocycles. The van der Waals surface area contributed by atoms with Crippen molar-refractivity contribution in [3.63, 3.8) is 0 Å². The average molecular weight is 1010 g/mol. The molecule has 378 valence electrons. The molecule has 1 heteroatoms. The highest BCUT2D eigenvalue weighted by atomic mass is 15.1. The summed E-state index contributed by atoms with van der Waals surface area (Å²) in [5.41, 5.74) is 24.4. The quantitative estimate of drug-likeness (QED) is 0.0932. The van der Waals surface area contributed by atoms with Crippen molar-refractivity contribution < 1.29 is 0 Å². The van der Waals surface area contributed by atoms with Gasteiger partial charge in [0.2, 0.25) is 0 Å². The van der Waals surface area contributed by atoms with Crippen molar-refractivity contribution in [1.82, 2.24) is 0 Å². The fraction of sp³-hybridized carbons (Fsp3) is 0.0769. The Kier molecular flexibility index (Phi) is 13.8. The molecular formula is C78H61N. The Labute approximate surface area is 466 Å². The number of fused-ring (bicyclic) bond motifs is 3. The number of hydrogen-bond acceptors (Lipinski definition) is 1. The van der Waals surface area contributed by atoms with Gasteiger partial charge in [0.1, 0.15) is 0 Å². The van der Waals surface area contributed by atoms with Gasteiger partial charge in [0.25, 0.3) is 0 Å². The highest BCUT2D eigenvalue weighted by Gasteiger charge is 2.48. The van der Waals surface area contributed by atoms with Crippen molar-refractivity contribution >= 4 is 17.1 Å². The molecule has 1 aliphatic carbocycles. The van der Waals surface area contributed by atoms with Crippen LogP contribution in [0.15, 0.2) is 315 Å². The zero-order chi connectivity index (χ0) is 52.8. The Morgan fingerprint density at radius 2 is 0.734 bits per heavy atom. The smallest absolute Gasteiger partial charge is 0.0714 e. The van der Waals surface area contributed by atoms with Gasteiger partial charge in [-0.3, -0.25) is 0 Å². The molecular weight excluding hydrogens is 951 g/mol. The van der Waals surface area contributed by atoms with Gasteiger partial charge in [-0.05, 0) is 151 Å². The van der Waals surface area contributed by atoms with Gasteiger partial charge in [-0.25, -0.2) is 0 Å². The normalized spacial score (nSPS) is 12.6. The van der Waals surface area contributed by atoms with Crippen LogP contribution in [0.3, 0.4) is 0 Å². The summed E-state index contributed by atoms with van der Waals surface area (Å²) in [6.07, 6.45) is 3.97. The minimum Gasteiger partial charge on any atom is -0.310 e. The van der Waals surface area contributed by atoms with Gasteiger partial charge in [-0.15, -0.1) is 0 Å². The second kappa shape index (κ2) is 22.2. The van der Waals surface area contributed by atoms with Crippen LogP contribution in [-0.4, -0.2) is 0 Å². The second-order valence-electron chi connectivity index (χ2n) is 21.0. The van der Waals surface area contributed by atoms with Crippen molar-refractivity contribution in [3.8, 4) is 55.6 Å². The van der Waals surface area contributed by atoms with Crippen molar-refractivity contribution in [1.29, 1.82) is 0 Å². The van der Waals surface area contributed by atoms with E-state index < -0.39 is 5.41 Å². The Hall–Kier alpha value is -9.56. The van der Waals surface area contributed by atoms with E-state index in [9.17, 15) is 0 Å². The molecule has 1 unspecified atom stereocenters. The van der Waals surface area contributed by atoms with Gasteiger partial charge in [0.15, 0.2) is 0 Å². The van der Waals surface area contributed by atoms with Crippen LogP contribution in [0.25, 0.3) is 55.6 Å². The molecule has 0 heterocycles. The SMILES string of the molecule is c1ccc(-c2ccc(CCC(CCc3ccccc3-c3ccccc3)c3ccc4c(c3)C(c3ccccc3)(c3ccccc3)c3cccc(N(c5ccc(-c6ccccc6)cc5)c5ccc(-c6ccccc6)cc5)c3-4)cc2)cc1. The maximum atomic E-state index is 2.62. The van der Waals surface area contributed by atoms with E-state index in [-0.39, 0.29) is 5.92 Å². The lowest BCUT2D eigenvalue weighted by Gasteiger charge is -2.35. The lowest BCUT2D eigenvalue weighted by Crippen LogP contribution is -2.29. The predicted octanol–water partition coefficient (Wildman–Crippen LogP) is 20.5. The van der Waals surface area contributed by atoms with E-state index in [0.29, 0.717) is 0 Å². The molecule has 1 atom stereocenters. The molecule has 1 aliphatic rings. The minimum absolute atomic E-state index is 0.276. The first-order valence-electron chi connectivity index (χ1n) is 28.0. The molecule has 12 aromatic carbocycles. The standard InChI is InChI=1S/C78H61N/c1-7-22-58(23-8-1)61-41-38-57(39-42-61)40-43-64(44-45-66-30-19-20-35-72(66)65-28-13-4-14-29-65)67-50-55-73-75(56-67)78(68-31-15-5-16-32-68,69-33-17-6-18-34-69)74-36-21-37-76(77(73)74)79(70-51-46-62(47-52-70)59-24-9-2-10-25-59)71-53-48-63(49-54-71)60-26-11-3-12-27-60/h1-39,41-42,46-56,64H,40,43-45H2. The Morgan fingerprint density at radius 3 is 1.25 bits per heavy atom. The molecule has 0 N–H and O–H groups in total. The van der Waals surface area contributed by atoms with Crippen molar-refractivity contribution in [3.05, 3.63) is 354 Å². The highest BCUT2D eigenvalue weighted by molar-refractivity contribution is 5.98. The summed E-state index contributed by atoms with van der Waals surface area (Å²) in [6, 6.07) is 117. The van der Waals surface area contributed by atoms with Gasteiger partial charge in [0.05, 0.1) is 11.1 Å². The Morgan fingerprint density at radius 1 is 0.304 bits per heavy atom. The zero-order valence-electron chi connectivity index (χ0n) is 44.4. The molecule has 12 aromatic rings. The van der Waals surface area contributed by atoms with Crippen LogP contribution >= 0.6 is 0 Å². The van der Waals surface area contributed by atoms with E-state index in [4.69, 9.17) is 0 Å². The Balaban J connectivity index is 0.977. The number of nitrogens with zero attached hydrogens (tertiary/aromatic N) is 1. The molecule has 79 heavy (non-hydrogen) atoms. The molecule has 0 fully saturated rings. The maximum absolute atomic E-state index is 2.62. The number of hydrogen-bond donors (Lipinski definition) is 0. The van der Waals surface area contributed by atoms with Crippen molar-refractivity contribution in [2.75, 3.05) is 4.90 Å². The monoisotopic (exact) mass is 1010 g/mol. The van der Waals surface area contributed by atoms with E-state index in [1.807, 2.05) is 0 Å². The summed E-state index contributed by atoms with van der Waals surface area (Å²) >= 11 is 0. The third-order valence-electron chi connectivity index (χ3n) is 16.5. The molecule has 0 spiro atoms. The lowest BCUT2D eigenvalue weighted by molar-refractivity contribution is 0.576. The van der Waals surface area contributed by atoms with Gasteiger partial charge < -0.3 is 4.90 Å². The van der Waals surface area contributed by atoms with Crippen molar-refractivity contribution in [2.24, 2.45) is 0 Å². The molecule has 0 saturated carbocycles. The van der Waals surface area contributed by atoms with Crippen molar-refractivity contribution in [2.45, 2.75) is 37.0 Å². The molecule has 0 bridgehead atoms. The molecule has 0 amide bonds. The van der Waals surface area contributed by atoms with Crippen LogP contribution in [0.5, 0.6) is 0 Å². The third-order valence-corrected chi connectivity index (χ3v) is 16.5. The van der Waals surface area contributed by atoms with Crippen LogP contribution in [-0.2, 0) is 18.3 Å². The van der Waals surface area contributed by atoms with Crippen LogP contribution in [0.4, 0.5) is 17.1 Å². The summed E-state index contributed by atoms with van der Waals surface area (Å²) in [4.78, 5) is 2.49. The first-order chi connectivity index (χ1) is 39.2. The third kappa shape index (κ3) is 9.70. The largest absolute Gasteiger partial charge is 0.310 e. The van der Waals surface area contributed by atoms with E-state index in [0.717, 1.165) is 42.7 Å². The molecule has 13 rings (SSSR count). The van der Waals surface area contributed by atoms with Crippen LogP contribution in [0.2, 0.25) is 0 Å². The fourth-order valence-corrected chi connectivity index (χ4v) is 12.6. The summed E-state index contributed by atoms with van der Waals surface area (Å²) < 4.78 is 0. The van der Waals surface area contributed by atoms with E-state index in [2.05, 4.69) is 320 Å². The minimum atomic E-state index is -0.614. The van der Waals surface area contributed by atoms with E-state index in [1.165, 1.54) is 94.6 Å². The molecule has 1 nitrogen and oxygen atoms in total. The van der Waals surface area contributed by atoms with Crippen LogP contribution < -0.4 is 4.90 Å². The summed E-state index contributed by atoms with van der Waals surface area (Å²) in [7, 11) is 0. The first kappa shape index (κ1) is 49.0. The Bertz CT molecular complexity index is 3830. The molecule has 0 radical (unpaired) electrons. The zero-order valence-corrected chi connectivity index (χ0v) is 44.4. The van der Waals surface area contributed by atoms with E-state index >= 15 is 0 Å². The molecule has 0 aromatic heterocycles. The second-order valence-corrected chi connectivity index (χ2v) is 21.0. The fourth-order valence-electron chi connectivity index (χ4n) is 12.6. The van der Waals surface area contributed by atoms with Crippen LogP contribution in [0, 0.1) is 0 Å². The van der Waals surface area contributed by atoms with Gasteiger partial charge in [-0.2, -0.15) is 0 Å². The molecule has 0 aliphatic heterocycles. The highest BCUT2D eigenvalue weighted by Crippen LogP contribution is 2.60. The number of benzene rings is 12. The predicted molar refractivity (Wildman–Crippen MR) is 332 cm³/mol. The maximum Gasteiger partial charge on any atom is 0.0714 e. The van der Waals surface area contributed by atoms with Gasteiger partial charge >= 0.3 is 0 Å². The summed E-state index contributed by atoms with van der Waals surface area (Å²) in [6.45, 7) is 0. The topological polar surface area (TPSA) is 3.24 Å². The number of aryl methyl sites for hydroxylation is 2. The van der Waals surface area contributed by atoms with E-state index in [1.54, 1.807) is 0 Å². The number of anilines is 3. The lowest BCUT2D eigenvalue weighted by atomic mass is 9.67.